The van der Waals surface area contributed by atoms with Gasteiger partial charge in [0.15, 0.2) is 0 Å². The molecule has 0 aromatic heterocycles. The lowest BCUT2D eigenvalue weighted by molar-refractivity contribution is -0.116. The number of amides is 2. The van der Waals surface area contributed by atoms with Crippen molar-refractivity contribution in [1.29, 1.82) is 0 Å². The molecule has 4 rings (SSSR count). The van der Waals surface area contributed by atoms with Crippen molar-refractivity contribution in [2.75, 3.05) is 31.6 Å². The number of ether oxygens (including phenoxy) is 1. The van der Waals surface area contributed by atoms with Crippen LogP contribution in [0.3, 0.4) is 0 Å². The number of methoxy groups -OCH3 is 1. The van der Waals surface area contributed by atoms with Crippen LogP contribution in [0.25, 0.3) is 0 Å². The maximum atomic E-state index is 13.1. The molecule has 210 valence electrons. The van der Waals surface area contributed by atoms with E-state index in [9.17, 15) is 14.4 Å². The molecule has 7 heteroatoms. The van der Waals surface area contributed by atoms with E-state index in [-0.39, 0.29) is 17.9 Å². The van der Waals surface area contributed by atoms with Crippen LogP contribution in [0.2, 0.25) is 0 Å². The predicted molar refractivity (Wildman–Crippen MR) is 158 cm³/mol. The number of hydrogen-bond donors (Lipinski definition) is 1. The zero-order valence-electron chi connectivity index (χ0n) is 23.9. The lowest BCUT2D eigenvalue weighted by atomic mass is 9.76. The zero-order chi connectivity index (χ0) is 28.7. The molecule has 1 heterocycles. The van der Waals surface area contributed by atoms with E-state index in [2.05, 4.69) is 29.2 Å². The summed E-state index contributed by atoms with van der Waals surface area (Å²) in [5, 5.41) is 3.21. The molecular weight excluding hydrogens is 502 g/mol. The van der Waals surface area contributed by atoms with E-state index in [1.54, 1.807) is 31.1 Å². The van der Waals surface area contributed by atoms with Crippen LogP contribution in [-0.2, 0) is 14.3 Å². The first-order chi connectivity index (χ1) is 19.3. The van der Waals surface area contributed by atoms with Crippen LogP contribution in [-0.4, -0.2) is 61.0 Å². The number of carbonyl (C=O) groups excluding carboxylic acids is 3. The van der Waals surface area contributed by atoms with Gasteiger partial charge in [0, 0.05) is 51.3 Å². The van der Waals surface area contributed by atoms with Crippen LogP contribution in [0.4, 0.5) is 5.69 Å². The summed E-state index contributed by atoms with van der Waals surface area (Å²) in [6, 6.07) is 18.4. The van der Waals surface area contributed by atoms with Crippen molar-refractivity contribution in [3.05, 3.63) is 95.2 Å². The van der Waals surface area contributed by atoms with Gasteiger partial charge >= 0.3 is 0 Å². The number of nitrogens with zero attached hydrogens (tertiary/aromatic N) is 2. The molecule has 7 nitrogen and oxygen atoms in total. The molecule has 0 spiro atoms. The fraction of sp³-hybridized carbons (Fsp3) is 0.394. The second kappa shape index (κ2) is 12.9. The zero-order valence-corrected chi connectivity index (χ0v) is 23.9. The second-order valence-corrected chi connectivity index (χ2v) is 10.7. The van der Waals surface area contributed by atoms with Gasteiger partial charge in [-0.25, -0.2) is 4.79 Å². The quantitative estimate of drug-likeness (QED) is 0.455. The Morgan fingerprint density at radius 1 is 1.07 bits per heavy atom. The summed E-state index contributed by atoms with van der Waals surface area (Å²) in [4.78, 5) is 41.1. The third kappa shape index (κ3) is 6.44. The minimum Gasteiger partial charge on any atom is -0.372 e. The molecule has 40 heavy (non-hydrogen) atoms. The molecule has 1 saturated heterocycles. The SMILES string of the molecule is COC1(C)C=CC(C2CCN(C(=C=O)CCN(C(C)=O)c3ccccc3)CC2)=C(C)C1NC(=O)c1ccccc1. The van der Waals surface area contributed by atoms with Crippen molar-refractivity contribution in [2.24, 2.45) is 5.92 Å². The van der Waals surface area contributed by atoms with E-state index in [1.807, 2.05) is 61.5 Å². The number of hydrogen-bond acceptors (Lipinski definition) is 5. The summed E-state index contributed by atoms with van der Waals surface area (Å²) in [5.74, 6) is 2.26. The Morgan fingerprint density at radius 3 is 2.27 bits per heavy atom. The van der Waals surface area contributed by atoms with Gasteiger partial charge in [0.25, 0.3) is 5.91 Å². The molecular formula is C33H39N3O4. The molecule has 2 aromatic carbocycles. The molecule has 0 saturated carbocycles. The largest absolute Gasteiger partial charge is 0.372 e. The third-order valence-electron chi connectivity index (χ3n) is 8.26. The van der Waals surface area contributed by atoms with Crippen molar-refractivity contribution in [3.63, 3.8) is 0 Å². The number of likely N-dealkylation sites (tertiary alicyclic amines) is 1. The molecule has 2 aromatic rings. The first kappa shape index (κ1) is 29.1. The van der Waals surface area contributed by atoms with Gasteiger partial charge in [0.1, 0.15) is 17.2 Å². The van der Waals surface area contributed by atoms with Crippen LogP contribution >= 0.6 is 0 Å². The summed E-state index contributed by atoms with van der Waals surface area (Å²) in [6.07, 6.45) is 6.39. The minimum atomic E-state index is -0.659. The third-order valence-corrected chi connectivity index (χ3v) is 8.26. The highest BCUT2D eigenvalue weighted by Crippen LogP contribution is 2.37. The second-order valence-electron chi connectivity index (χ2n) is 10.7. The Balaban J connectivity index is 1.42. The van der Waals surface area contributed by atoms with Crippen molar-refractivity contribution < 1.29 is 19.1 Å². The molecule has 1 aliphatic heterocycles. The van der Waals surface area contributed by atoms with Gasteiger partial charge < -0.3 is 19.9 Å². The van der Waals surface area contributed by atoms with Crippen LogP contribution in [0.1, 0.15) is 50.4 Å². The first-order valence-corrected chi connectivity index (χ1v) is 13.9. The number of carbonyl (C=O) groups is 2. The van der Waals surface area contributed by atoms with Gasteiger partial charge in [0.05, 0.1) is 6.04 Å². The number of para-hydroxylation sites is 1. The summed E-state index contributed by atoms with van der Waals surface area (Å²) in [5.41, 5.74) is 3.69. The highest BCUT2D eigenvalue weighted by molar-refractivity contribution is 5.94. The maximum absolute atomic E-state index is 13.1. The Bertz CT molecular complexity index is 1310. The van der Waals surface area contributed by atoms with Gasteiger partial charge in [-0.1, -0.05) is 48.6 Å². The van der Waals surface area contributed by atoms with Crippen LogP contribution in [0.15, 0.2) is 89.7 Å². The molecule has 1 N–H and O–H groups in total. The average Bonchev–Trinajstić information content (AvgIpc) is 2.98. The fourth-order valence-electron chi connectivity index (χ4n) is 5.81. The topological polar surface area (TPSA) is 79.0 Å². The lowest BCUT2D eigenvalue weighted by Gasteiger charge is -2.42. The molecule has 2 atom stereocenters. The fourth-order valence-corrected chi connectivity index (χ4v) is 5.81. The van der Waals surface area contributed by atoms with Gasteiger partial charge in [-0.15, -0.1) is 0 Å². The number of piperidine rings is 1. The number of benzene rings is 2. The van der Waals surface area contributed by atoms with E-state index in [0.717, 1.165) is 37.2 Å². The van der Waals surface area contributed by atoms with Crippen molar-refractivity contribution in [1.82, 2.24) is 10.2 Å². The van der Waals surface area contributed by atoms with Crippen LogP contribution < -0.4 is 10.2 Å². The summed E-state index contributed by atoms with van der Waals surface area (Å²) < 4.78 is 5.87. The molecule has 1 aliphatic carbocycles. The highest BCUT2D eigenvalue weighted by Gasteiger charge is 2.39. The maximum Gasteiger partial charge on any atom is 0.251 e. The van der Waals surface area contributed by atoms with Gasteiger partial charge in [0.2, 0.25) is 5.91 Å². The molecule has 1 fully saturated rings. The summed E-state index contributed by atoms with van der Waals surface area (Å²) in [7, 11) is 1.67. The van der Waals surface area contributed by atoms with E-state index in [1.165, 1.54) is 5.57 Å². The number of allylic oxidation sites excluding steroid dienone is 2. The van der Waals surface area contributed by atoms with Crippen molar-refractivity contribution in [3.8, 4) is 0 Å². The standard InChI is InChI=1S/C33H39N3O4/c1-24-30(15-19-33(3,40-4)31(24)34-32(39)27-11-7-5-8-12-27)26-16-20-35(21-17-26)29(23-37)18-22-36(25(2)38)28-13-9-6-10-14-28/h5-15,19,26,31H,16-18,20-22H2,1-4H3,(H,34,39). The summed E-state index contributed by atoms with van der Waals surface area (Å²) in [6.45, 7) is 7.50. The van der Waals surface area contributed by atoms with E-state index >= 15 is 0 Å². The number of rotatable bonds is 9. The van der Waals surface area contributed by atoms with Gasteiger partial charge in [-0.05, 0) is 68.0 Å². The first-order valence-electron chi connectivity index (χ1n) is 13.9. The number of nitrogens with one attached hydrogen (secondary N) is 1. The predicted octanol–water partition coefficient (Wildman–Crippen LogP) is 4.95. The molecule has 0 bridgehead atoms. The molecule has 2 unspecified atom stereocenters. The average molecular weight is 542 g/mol. The van der Waals surface area contributed by atoms with Crippen molar-refractivity contribution in [2.45, 2.75) is 51.7 Å². The van der Waals surface area contributed by atoms with E-state index < -0.39 is 5.60 Å². The van der Waals surface area contributed by atoms with Crippen molar-refractivity contribution >= 4 is 23.4 Å². The Morgan fingerprint density at radius 2 is 1.70 bits per heavy atom. The van der Waals surface area contributed by atoms with Crippen LogP contribution in [0, 0.1) is 5.92 Å². The Labute approximate surface area is 237 Å². The Kier molecular flexibility index (Phi) is 9.41. The normalized spacial score (nSPS) is 21.1. The highest BCUT2D eigenvalue weighted by atomic mass is 16.5. The van der Waals surface area contributed by atoms with E-state index in [4.69, 9.17) is 4.74 Å². The number of anilines is 1. The van der Waals surface area contributed by atoms with E-state index in [0.29, 0.717) is 30.1 Å². The summed E-state index contributed by atoms with van der Waals surface area (Å²) >= 11 is 0. The lowest BCUT2D eigenvalue weighted by Crippen LogP contribution is -2.53. The molecule has 2 amide bonds. The van der Waals surface area contributed by atoms with Gasteiger partial charge in [-0.2, -0.15) is 0 Å². The smallest absolute Gasteiger partial charge is 0.251 e. The Hall–Kier alpha value is -3.93. The minimum absolute atomic E-state index is 0.0568. The monoisotopic (exact) mass is 541 g/mol. The van der Waals surface area contributed by atoms with Gasteiger partial charge in [-0.3, -0.25) is 9.59 Å². The van der Waals surface area contributed by atoms with Crippen LogP contribution in [0.5, 0.6) is 0 Å². The molecule has 0 radical (unpaired) electrons. The molecule has 2 aliphatic rings.